The lowest BCUT2D eigenvalue weighted by atomic mass is 9.84. The number of nitrogens with one attached hydrogen (secondary N) is 3. The van der Waals surface area contributed by atoms with Crippen LogP contribution in [0, 0.1) is 11.8 Å². The van der Waals surface area contributed by atoms with Crippen LogP contribution in [0.2, 0.25) is 0 Å². The highest BCUT2D eigenvalue weighted by Gasteiger charge is 2.31. The van der Waals surface area contributed by atoms with Crippen LogP contribution in [0.25, 0.3) is 10.9 Å². The van der Waals surface area contributed by atoms with E-state index in [4.69, 9.17) is 0 Å². The van der Waals surface area contributed by atoms with Gasteiger partial charge >= 0.3 is 0 Å². The van der Waals surface area contributed by atoms with Crippen molar-refractivity contribution >= 4 is 34.9 Å². The van der Waals surface area contributed by atoms with Gasteiger partial charge in [0.05, 0.1) is 17.1 Å². The van der Waals surface area contributed by atoms with E-state index in [1.165, 1.54) is 12.6 Å². The van der Waals surface area contributed by atoms with E-state index in [2.05, 4.69) is 20.9 Å². The maximum absolute atomic E-state index is 13.2. The first-order valence-corrected chi connectivity index (χ1v) is 12.2. The van der Waals surface area contributed by atoms with Crippen LogP contribution in [-0.2, 0) is 14.4 Å². The van der Waals surface area contributed by atoms with Gasteiger partial charge in [0.2, 0.25) is 11.8 Å². The average molecular weight is 465 g/mol. The largest absolute Gasteiger partial charge is 0.356 e. The van der Waals surface area contributed by atoms with E-state index in [-0.39, 0.29) is 30.1 Å². The first-order chi connectivity index (χ1) is 16.5. The number of fused-ring (bicyclic) bond motifs is 1. The van der Waals surface area contributed by atoms with Gasteiger partial charge in [-0.15, -0.1) is 0 Å². The molecule has 1 aromatic heterocycles. The van der Waals surface area contributed by atoms with Crippen LogP contribution in [0.15, 0.2) is 36.5 Å². The second-order valence-corrected chi connectivity index (χ2v) is 9.45. The first-order valence-electron chi connectivity index (χ1n) is 12.2. The van der Waals surface area contributed by atoms with E-state index < -0.39 is 12.1 Å². The molecular formula is C26H32N4O4. The fourth-order valence-corrected chi connectivity index (χ4v) is 5.03. The van der Waals surface area contributed by atoms with Crippen LogP contribution in [0.5, 0.6) is 0 Å². The fourth-order valence-electron chi connectivity index (χ4n) is 5.03. The topological polar surface area (TPSA) is 117 Å². The summed E-state index contributed by atoms with van der Waals surface area (Å²) in [4.78, 5) is 54.2. The first kappa shape index (κ1) is 23.9. The zero-order chi connectivity index (χ0) is 23.9. The van der Waals surface area contributed by atoms with Gasteiger partial charge in [-0.25, -0.2) is 0 Å². The minimum absolute atomic E-state index is 0.0861. The van der Waals surface area contributed by atoms with Crippen LogP contribution in [-0.4, -0.2) is 47.6 Å². The van der Waals surface area contributed by atoms with Crippen LogP contribution in [0.1, 0.15) is 61.7 Å². The van der Waals surface area contributed by atoms with Crippen molar-refractivity contribution in [1.29, 1.82) is 0 Å². The zero-order valence-electron chi connectivity index (χ0n) is 19.3. The van der Waals surface area contributed by atoms with Gasteiger partial charge in [0.15, 0.2) is 0 Å². The molecule has 1 aliphatic carbocycles. The molecule has 8 nitrogen and oxygen atoms in total. The third-order valence-electron chi connectivity index (χ3n) is 6.96. The number of rotatable bonds is 9. The molecule has 2 aromatic rings. The molecule has 1 aromatic carbocycles. The molecule has 1 saturated heterocycles. The van der Waals surface area contributed by atoms with Crippen molar-refractivity contribution in [2.75, 3.05) is 6.54 Å². The SMILES string of the molecule is O=CC(C[C@@H]1CCNC1=O)NC(=O)[C@H](CC1CCCCC1)NC(=O)c1cnc2ccccc2c1. The third kappa shape index (κ3) is 5.98. The number of hydrogen-bond acceptors (Lipinski definition) is 5. The summed E-state index contributed by atoms with van der Waals surface area (Å²) in [5.74, 6) is -0.785. The Morgan fingerprint density at radius 2 is 1.88 bits per heavy atom. The Hall–Kier alpha value is -3.29. The number of hydrogen-bond donors (Lipinski definition) is 3. The predicted molar refractivity (Wildman–Crippen MR) is 128 cm³/mol. The second kappa shape index (κ2) is 11.2. The summed E-state index contributed by atoms with van der Waals surface area (Å²) >= 11 is 0. The van der Waals surface area contributed by atoms with Crippen LogP contribution in [0.4, 0.5) is 0 Å². The van der Waals surface area contributed by atoms with E-state index >= 15 is 0 Å². The van der Waals surface area contributed by atoms with E-state index in [9.17, 15) is 19.2 Å². The molecule has 3 amide bonds. The lowest BCUT2D eigenvalue weighted by Crippen LogP contribution is -2.51. The van der Waals surface area contributed by atoms with Crippen molar-refractivity contribution in [2.45, 2.75) is 63.5 Å². The molecule has 1 unspecified atom stereocenters. The van der Waals surface area contributed by atoms with E-state index in [0.29, 0.717) is 37.2 Å². The van der Waals surface area contributed by atoms with E-state index in [1.807, 2.05) is 24.3 Å². The van der Waals surface area contributed by atoms with E-state index in [1.54, 1.807) is 6.07 Å². The van der Waals surface area contributed by atoms with Gasteiger partial charge in [0, 0.05) is 24.0 Å². The van der Waals surface area contributed by atoms with Crippen molar-refractivity contribution in [3.8, 4) is 0 Å². The van der Waals surface area contributed by atoms with Gasteiger partial charge in [0.1, 0.15) is 12.3 Å². The number of aldehydes is 1. The Labute approximate surface area is 199 Å². The van der Waals surface area contributed by atoms with Crippen molar-refractivity contribution in [1.82, 2.24) is 20.9 Å². The predicted octanol–water partition coefficient (Wildman–Crippen LogP) is 2.51. The molecule has 3 N–H and O–H groups in total. The number of amides is 3. The molecule has 0 bridgehead atoms. The Balaban J connectivity index is 1.46. The van der Waals surface area contributed by atoms with Crippen LogP contribution < -0.4 is 16.0 Å². The highest BCUT2D eigenvalue weighted by atomic mass is 16.2. The minimum atomic E-state index is -0.769. The summed E-state index contributed by atoms with van der Waals surface area (Å²) in [6.45, 7) is 0.586. The van der Waals surface area contributed by atoms with Gasteiger partial charge in [-0.05, 0) is 37.3 Å². The van der Waals surface area contributed by atoms with E-state index in [0.717, 1.165) is 36.6 Å². The lowest BCUT2D eigenvalue weighted by Gasteiger charge is -2.27. The van der Waals surface area contributed by atoms with Gasteiger partial charge in [0.25, 0.3) is 5.91 Å². The Kier molecular flexibility index (Phi) is 7.87. The smallest absolute Gasteiger partial charge is 0.253 e. The Bertz CT molecular complexity index is 1050. The van der Waals surface area contributed by atoms with Gasteiger partial charge in [-0.1, -0.05) is 50.3 Å². The standard InChI is InChI=1S/C26H32N4O4/c31-16-21(14-19-10-11-27-24(19)32)29-26(34)23(12-17-6-2-1-3-7-17)30-25(33)20-13-18-8-4-5-9-22(18)28-15-20/h4-5,8-9,13,15-17,19,21,23H,1-3,6-7,10-12,14H2,(H,27,32)(H,29,34)(H,30,33)/t19-,21?,23-/m0/s1. The molecule has 3 atom stereocenters. The highest BCUT2D eigenvalue weighted by Crippen LogP contribution is 2.27. The summed E-state index contributed by atoms with van der Waals surface area (Å²) < 4.78 is 0. The number of pyridine rings is 1. The number of para-hydroxylation sites is 1. The summed E-state index contributed by atoms with van der Waals surface area (Å²) in [6, 6.07) is 7.77. The molecule has 1 aliphatic heterocycles. The monoisotopic (exact) mass is 464 g/mol. The summed E-state index contributed by atoms with van der Waals surface area (Å²) in [5.41, 5.74) is 1.18. The van der Waals surface area contributed by atoms with Crippen molar-refractivity contribution in [3.05, 3.63) is 42.1 Å². The molecule has 180 valence electrons. The van der Waals surface area contributed by atoms with Gasteiger partial charge in [-0.2, -0.15) is 0 Å². The molecular weight excluding hydrogens is 432 g/mol. The number of aromatic nitrogens is 1. The molecule has 1 saturated carbocycles. The Morgan fingerprint density at radius 3 is 2.62 bits per heavy atom. The molecule has 8 heteroatoms. The van der Waals surface area contributed by atoms with Gasteiger partial charge < -0.3 is 20.7 Å². The zero-order valence-corrected chi connectivity index (χ0v) is 19.3. The Morgan fingerprint density at radius 1 is 1.09 bits per heavy atom. The highest BCUT2D eigenvalue weighted by molar-refractivity contribution is 6.00. The quantitative estimate of drug-likeness (QED) is 0.493. The molecule has 0 spiro atoms. The molecule has 2 heterocycles. The van der Waals surface area contributed by atoms with Crippen molar-refractivity contribution < 1.29 is 19.2 Å². The fraction of sp³-hybridized carbons (Fsp3) is 0.500. The van der Waals surface area contributed by atoms with Crippen molar-refractivity contribution in [2.24, 2.45) is 11.8 Å². The lowest BCUT2D eigenvalue weighted by molar-refractivity contribution is -0.127. The van der Waals surface area contributed by atoms with Gasteiger partial charge in [-0.3, -0.25) is 19.4 Å². The maximum atomic E-state index is 13.2. The van der Waals surface area contributed by atoms with Crippen LogP contribution >= 0.6 is 0 Å². The molecule has 2 aliphatic rings. The third-order valence-corrected chi connectivity index (χ3v) is 6.96. The normalized spacial score (nSPS) is 20.4. The molecule has 4 rings (SSSR count). The summed E-state index contributed by atoms with van der Waals surface area (Å²) in [6.07, 6.45) is 9.11. The summed E-state index contributed by atoms with van der Waals surface area (Å²) in [7, 11) is 0. The number of nitrogens with zero attached hydrogens (tertiary/aromatic N) is 1. The van der Waals surface area contributed by atoms with Crippen LogP contribution in [0.3, 0.4) is 0 Å². The second-order valence-electron chi connectivity index (χ2n) is 9.45. The number of benzene rings is 1. The number of carbonyl (C=O) groups is 4. The van der Waals surface area contributed by atoms with Crippen molar-refractivity contribution in [3.63, 3.8) is 0 Å². The average Bonchev–Trinajstić information content (AvgIpc) is 3.27. The summed E-state index contributed by atoms with van der Waals surface area (Å²) in [5, 5.41) is 9.27. The molecule has 34 heavy (non-hydrogen) atoms. The maximum Gasteiger partial charge on any atom is 0.253 e. The molecule has 2 fully saturated rings. The minimum Gasteiger partial charge on any atom is -0.356 e. The molecule has 0 radical (unpaired) electrons. The number of carbonyl (C=O) groups excluding carboxylic acids is 4.